The molecule has 0 N–H and O–H groups in total. The van der Waals surface area contributed by atoms with E-state index in [1.54, 1.807) is 37.8 Å². The van der Waals surface area contributed by atoms with Crippen molar-refractivity contribution in [2.24, 2.45) is 0 Å². The molecule has 2 aliphatic rings. The third-order valence-corrected chi connectivity index (χ3v) is 6.97. The number of imidazole rings is 1. The Morgan fingerprint density at radius 1 is 0.974 bits per heavy atom. The molecule has 0 spiro atoms. The predicted octanol–water partition coefficient (Wildman–Crippen LogP) is 3.36. The molecule has 0 aromatic carbocycles. The number of carbonyl (C=O) groups is 2. The topological polar surface area (TPSA) is 105 Å². The number of ether oxygens (including phenoxy) is 2. The number of nitrogens with zero attached hydrogens (tertiary/aromatic N) is 4. The van der Waals surface area contributed by atoms with Crippen molar-refractivity contribution in [1.29, 1.82) is 0 Å². The number of rotatable bonds is 4. The normalized spacial score (nSPS) is 18.6. The Labute approximate surface area is 224 Å². The van der Waals surface area contributed by atoms with Crippen LogP contribution < -0.4 is 10.4 Å². The lowest BCUT2D eigenvalue weighted by molar-refractivity contribution is -0.147. The Hall–Kier alpha value is -3.13. The summed E-state index contributed by atoms with van der Waals surface area (Å²) in [6.07, 6.45) is -4.75. The zero-order valence-corrected chi connectivity index (χ0v) is 23.2. The quantitative estimate of drug-likeness (QED) is 0.417. The van der Waals surface area contributed by atoms with Gasteiger partial charge in [-0.25, -0.2) is 19.6 Å². The molecule has 0 atom stereocenters. The predicted molar refractivity (Wildman–Crippen MR) is 135 cm³/mol. The Bertz CT molecular complexity index is 1290. The van der Waals surface area contributed by atoms with Crippen molar-refractivity contribution in [3.63, 3.8) is 0 Å². The average molecular weight is 552 g/mol. The van der Waals surface area contributed by atoms with Gasteiger partial charge in [-0.15, -0.1) is 0 Å². The molecule has 10 nitrogen and oxygen atoms in total. The van der Waals surface area contributed by atoms with Gasteiger partial charge >= 0.3 is 25.2 Å². The number of alkyl halides is 3. The summed E-state index contributed by atoms with van der Waals surface area (Å²) in [5.74, 6) is -2.55. The summed E-state index contributed by atoms with van der Waals surface area (Å²) < 4.78 is 64.4. The van der Waals surface area contributed by atoms with Gasteiger partial charge in [0.2, 0.25) is 5.82 Å². The molecular weight excluding hydrogens is 520 g/mol. The van der Waals surface area contributed by atoms with Gasteiger partial charge in [0.1, 0.15) is 11.4 Å². The molecule has 0 bridgehead atoms. The summed E-state index contributed by atoms with van der Waals surface area (Å²) in [6, 6.07) is 3.26. The fraction of sp³-hybridized carbons (Fsp3) is 0.600. The molecule has 14 heteroatoms. The molecule has 0 unspecified atom stereocenters. The maximum atomic E-state index is 13.6. The fourth-order valence-electron chi connectivity index (χ4n) is 4.33. The standard InChI is InChI=1S/C25H32BF3N4O6/c1-22(2,3)37-20(35)17-14(26-38-23(4,5)24(6,7)39-26)9-10-16(30-17)32-11-12-33-15(13-32)18(19(34)36-8)31-21(33)25(27,28)29/h9-10H,11-13H2,1-8H3. The maximum Gasteiger partial charge on any atom is 0.497 e. The Balaban J connectivity index is 1.74. The number of hydrogen-bond acceptors (Lipinski definition) is 9. The highest BCUT2D eigenvalue weighted by Gasteiger charge is 2.53. The molecule has 0 aliphatic carbocycles. The molecule has 2 aliphatic heterocycles. The Morgan fingerprint density at radius 2 is 1.59 bits per heavy atom. The highest BCUT2D eigenvalue weighted by Crippen LogP contribution is 2.37. The van der Waals surface area contributed by atoms with Crippen LogP contribution in [0, 0.1) is 0 Å². The second-order valence-electron chi connectivity index (χ2n) is 11.5. The molecule has 2 aromatic heterocycles. The molecule has 1 fully saturated rings. The van der Waals surface area contributed by atoms with Crippen LogP contribution in [-0.2, 0) is 38.0 Å². The third-order valence-electron chi connectivity index (χ3n) is 6.97. The minimum absolute atomic E-state index is 0.0378. The summed E-state index contributed by atoms with van der Waals surface area (Å²) in [5.41, 5.74) is -2.22. The summed E-state index contributed by atoms with van der Waals surface area (Å²) in [7, 11) is 0.174. The van der Waals surface area contributed by atoms with Gasteiger partial charge < -0.3 is 28.2 Å². The van der Waals surface area contributed by atoms with Crippen molar-refractivity contribution < 1.29 is 41.5 Å². The highest BCUT2D eigenvalue weighted by molar-refractivity contribution is 6.63. The van der Waals surface area contributed by atoms with Crippen LogP contribution in [0.15, 0.2) is 12.1 Å². The van der Waals surface area contributed by atoms with E-state index in [2.05, 4.69) is 14.7 Å². The minimum atomic E-state index is -4.75. The second kappa shape index (κ2) is 9.51. The summed E-state index contributed by atoms with van der Waals surface area (Å²) in [6.45, 7) is 12.6. The van der Waals surface area contributed by atoms with Crippen LogP contribution in [0.25, 0.3) is 0 Å². The maximum absolute atomic E-state index is 13.6. The summed E-state index contributed by atoms with van der Waals surface area (Å²) >= 11 is 0. The van der Waals surface area contributed by atoms with Crippen molar-refractivity contribution in [1.82, 2.24) is 14.5 Å². The Morgan fingerprint density at radius 3 is 2.13 bits per heavy atom. The fourth-order valence-corrected chi connectivity index (χ4v) is 4.33. The first-order valence-electron chi connectivity index (χ1n) is 12.4. The van der Waals surface area contributed by atoms with E-state index in [4.69, 9.17) is 14.0 Å². The van der Waals surface area contributed by atoms with Crippen molar-refractivity contribution in [2.75, 3.05) is 18.6 Å². The van der Waals surface area contributed by atoms with Gasteiger partial charge in [0.25, 0.3) is 0 Å². The lowest BCUT2D eigenvalue weighted by Crippen LogP contribution is -2.41. The summed E-state index contributed by atoms with van der Waals surface area (Å²) in [4.78, 5) is 35.3. The van der Waals surface area contributed by atoms with Gasteiger partial charge in [0, 0.05) is 18.6 Å². The number of hydrogen-bond donors (Lipinski definition) is 0. The van der Waals surface area contributed by atoms with Gasteiger partial charge in [-0.2, -0.15) is 13.2 Å². The zero-order valence-electron chi connectivity index (χ0n) is 23.2. The molecule has 0 saturated carbocycles. The number of pyridine rings is 1. The molecule has 39 heavy (non-hydrogen) atoms. The third kappa shape index (κ3) is 5.49. The van der Waals surface area contributed by atoms with Crippen molar-refractivity contribution in [3.8, 4) is 0 Å². The first kappa shape index (κ1) is 28.9. The lowest BCUT2D eigenvalue weighted by atomic mass is 9.77. The molecule has 0 amide bonds. The lowest BCUT2D eigenvalue weighted by Gasteiger charge is -2.32. The van der Waals surface area contributed by atoms with Crippen molar-refractivity contribution in [2.45, 2.75) is 84.5 Å². The van der Waals surface area contributed by atoms with Crippen molar-refractivity contribution in [3.05, 3.63) is 35.0 Å². The number of methoxy groups -OCH3 is 1. The number of halogens is 3. The first-order chi connectivity index (χ1) is 17.8. The SMILES string of the molecule is COC(=O)c1nc(C(F)(F)F)n2c1CN(c1ccc(B3OC(C)(C)C(C)(C)O3)c(C(=O)OC(C)(C)C)n1)CC2. The van der Waals surface area contributed by atoms with Crippen LogP contribution in [-0.4, -0.2) is 64.0 Å². The van der Waals surface area contributed by atoms with E-state index in [0.29, 0.717) is 11.3 Å². The van der Waals surface area contributed by atoms with Crippen LogP contribution in [0.1, 0.15) is 81.0 Å². The largest absolute Gasteiger partial charge is 0.497 e. The van der Waals surface area contributed by atoms with Crippen LogP contribution in [0.4, 0.5) is 19.0 Å². The molecular formula is C25H32BF3N4O6. The van der Waals surface area contributed by atoms with E-state index >= 15 is 0 Å². The van der Waals surface area contributed by atoms with Crippen molar-refractivity contribution >= 4 is 30.3 Å². The van der Waals surface area contributed by atoms with Crippen LogP contribution >= 0.6 is 0 Å². The van der Waals surface area contributed by atoms with E-state index in [9.17, 15) is 22.8 Å². The molecule has 212 valence electrons. The van der Waals surface area contributed by atoms with Gasteiger partial charge in [-0.3, -0.25) is 0 Å². The number of carbonyl (C=O) groups excluding carboxylic acids is 2. The van der Waals surface area contributed by atoms with E-state index in [-0.39, 0.29) is 31.0 Å². The van der Waals surface area contributed by atoms with E-state index in [1.807, 2.05) is 27.7 Å². The monoisotopic (exact) mass is 552 g/mol. The molecule has 4 rings (SSSR count). The van der Waals surface area contributed by atoms with Gasteiger partial charge in [-0.1, -0.05) is 6.07 Å². The molecule has 2 aromatic rings. The van der Waals surface area contributed by atoms with Gasteiger partial charge in [0.05, 0.1) is 30.6 Å². The van der Waals surface area contributed by atoms with Crippen LogP contribution in [0.5, 0.6) is 0 Å². The van der Waals surface area contributed by atoms with E-state index < -0.39 is 53.6 Å². The molecule has 4 heterocycles. The zero-order chi connectivity index (χ0) is 29.1. The molecule has 0 radical (unpaired) electrons. The van der Waals surface area contributed by atoms with E-state index in [1.165, 1.54) is 0 Å². The van der Waals surface area contributed by atoms with Gasteiger partial charge in [-0.05, 0) is 54.5 Å². The smallest absolute Gasteiger partial charge is 0.464 e. The number of fused-ring (bicyclic) bond motifs is 1. The van der Waals surface area contributed by atoms with Gasteiger partial charge in [0.15, 0.2) is 11.4 Å². The number of aromatic nitrogens is 3. The second-order valence-corrected chi connectivity index (χ2v) is 11.5. The first-order valence-corrected chi connectivity index (χ1v) is 12.4. The summed E-state index contributed by atoms with van der Waals surface area (Å²) in [5, 5.41) is 0. The minimum Gasteiger partial charge on any atom is -0.464 e. The Kier molecular flexibility index (Phi) is 7.04. The highest BCUT2D eigenvalue weighted by atomic mass is 19.4. The number of esters is 2. The average Bonchev–Trinajstić information content (AvgIpc) is 3.30. The van der Waals surface area contributed by atoms with Crippen LogP contribution in [0.2, 0.25) is 0 Å². The van der Waals surface area contributed by atoms with E-state index in [0.717, 1.165) is 11.7 Å². The molecule has 1 saturated heterocycles. The van der Waals surface area contributed by atoms with Crippen LogP contribution in [0.3, 0.4) is 0 Å². The number of anilines is 1.